The standard InChI is InChI=1S/C26H29N3O5S/c1-33-23-11-9-22(10-12-23)29(35(31,32)25-15-13-24(34-2)14-16-25)19-26(30)27-20-5-7-21(8-6-20)28-17-3-4-18-28/h5-16H,3-4,17-19H2,1-2H3,(H,27,30). The molecular weight excluding hydrogens is 466 g/mol. The van der Waals surface area contributed by atoms with Crippen LogP contribution < -0.4 is 24.0 Å². The maximum Gasteiger partial charge on any atom is 0.264 e. The Balaban J connectivity index is 1.56. The Morgan fingerprint density at radius 1 is 0.857 bits per heavy atom. The van der Waals surface area contributed by atoms with Crippen molar-refractivity contribution in [3.63, 3.8) is 0 Å². The van der Waals surface area contributed by atoms with Crippen molar-refractivity contribution >= 4 is 33.0 Å². The second kappa shape index (κ2) is 10.7. The van der Waals surface area contributed by atoms with Crippen molar-refractivity contribution < 1.29 is 22.7 Å². The number of benzene rings is 3. The monoisotopic (exact) mass is 495 g/mol. The van der Waals surface area contributed by atoms with Crippen LogP contribution in [0.1, 0.15) is 12.8 Å². The van der Waals surface area contributed by atoms with E-state index in [0.29, 0.717) is 22.9 Å². The number of methoxy groups -OCH3 is 2. The van der Waals surface area contributed by atoms with Crippen molar-refractivity contribution in [3.8, 4) is 11.5 Å². The lowest BCUT2D eigenvalue weighted by atomic mass is 10.2. The third kappa shape index (κ3) is 5.68. The van der Waals surface area contributed by atoms with E-state index in [1.165, 1.54) is 39.2 Å². The molecule has 1 heterocycles. The first kappa shape index (κ1) is 24.4. The van der Waals surface area contributed by atoms with Crippen molar-refractivity contribution in [3.05, 3.63) is 72.8 Å². The fraction of sp³-hybridized carbons (Fsp3) is 0.269. The molecule has 0 aliphatic carbocycles. The average molecular weight is 496 g/mol. The molecule has 0 bridgehead atoms. The second-order valence-electron chi connectivity index (χ2n) is 8.17. The lowest BCUT2D eigenvalue weighted by Gasteiger charge is -2.24. The molecule has 0 spiro atoms. The van der Waals surface area contributed by atoms with E-state index in [4.69, 9.17) is 9.47 Å². The van der Waals surface area contributed by atoms with Gasteiger partial charge in [0.25, 0.3) is 10.0 Å². The van der Waals surface area contributed by atoms with Crippen molar-refractivity contribution in [2.45, 2.75) is 17.7 Å². The molecule has 1 aliphatic heterocycles. The molecule has 35 heavy (non-hydrogen) atoms. The fourth-order valence-corrected chi connectivity index (χ4v) is 5.42. The Hall–Kier alpha value is -3.72. The largest absolute Gasteiger partial charge is 0.497 e. The van der Waals surface area contributed by atoms with Crippen molar-refractivity contribution in [1.29, 1.82) is 0 Å². The zero-order chi connectivity index (χ0) is 24.8. The summed E-state index contributed by atoms with van der Waals surface area (Å²) in [4.78, 5) is 15.3. The number of amides is 1. The van der Waals surface area contributed by atoms with Crippen LogP contribution in [0.15, 0.2) is 77.7 Å². The SMILES string of the molecule is COc1ccc(N(CC(=O)Nc2ccc(N3CCCC3)cc2)S(=O)(=O)c2ccc(OC)cc2)cc1. The van der Waals surface area contributed by atoms with Gasteiger partial charge in [0, 0.05) is 24.5 Å². The highest BCUT2D eigenvalue weighted by atomic mass is 32.2. The molecule has 4 rings (SSSR count). The summed E-state index contributed by atoms with van der Waals surface area (Å²) in [7, 11) is -0.994. The van der Waals surface area contributed by atoms with Gasteiger partial charge in [0.2, 0.25) is 5.91 Å². The molecule has 9 heteroatoms. The number of ether oxygens (including phenoxy) is 2. The van der Waals surface area contributed by atoms with Gasteiger partial charge in [0.1, 0.15) is 18.0 Å². The van der Waals surface area contributed by atoms with Gasteiger partial charge in [-0.15, -0.1) is 0 Å². The van der Waals surface area contributed by atoms with E-state index in [1.807, 2.05) is 24.3 Å². The minimum Gasteiger partial charge on any atom is -0.497 e. The molecule has 3 aromatic carbocycles. The number of sulfonamides is 1. The Kier molecular flexibility index (Phi) is 7.45. The molecule has 1 amide bonds. The van der Waals surface area contributed by atoms with Gasteiger partial charge in [0.05, 0.1) is 24.8 Å². The van der Waals surface area contributed by atoms with Crippen molar-refractivity contribution in [2.24, 2.45) is 0 Å². The Morgan fingerprint density at radius 3 is 1.94 bits per heavy atom. The van der Waals surface area contributed by atoms with Crippen LogP contribution in [0, 0.1) is 0 Å². The molecule has 0 saturated carbocycles. The highest BCUT2D eigenvalue weighted by Gasteiger charge is 2.27. The molecular formula is C26H29N3O5S. The normalized spacial score (nSPS) is 13.4. The second-order valence-corrected chi connectivity index (χ2v) is 10.0. The number of carbonyl (C=O) groups excluding carboxylic acids is 1. The Morgan fingerprint density at radius 2 is 1.40 bits per heavy atom. The van der Waals surface area contributed by atoms with Crippen LogP contribution in [0.3, 0.4) is 0 Å². The highest BCUT2D eigenvalue weighted by Crippen LogP contribution is 2.27. The van der Waals surface area contributed by atoms with Crippen LogP contribution >= 0.6 is 0 Å². The molecule has 8 nitrogen and oxygen atoms in total. The van der Waals surface area contributed by atoms with E-state index in [0.717, 1.165) is 23.1 Å². The minimum atomic E-state index is -4.03. The quantitative estimate of drug-likeness (QED) is 0.480. The number of hydrogen-bond acceptors (Lipinski definition) is 6. The smallest absolute Gasteiger partial charge is 0.264 e. The number of nitrogens with zero attached hydrogens (tertiary/aromatic N) is 2. The van der Waals surface area contributed by atoms with E-state index in [1.54, 1.807) is 36.4 Å². The Bertz CT molecular complexity index is 1240. The van der Waals surface area contributed by atoms with Crippen LogP contribution in [-0.2, 0) is 14.8 Å². The third-order valence-corrected chi connectivity index (χ3v) is 7.71. The highest BCUT2D eigenvalue weighted by molar-refractivity contribution is 7.92. The first-order chi connectivity index (χ1) is 16.9. The Labute approximate surface area is 206 Å². The van der Waals surface area contributed by atoms with E-state index in [-0.39, 0.29) is 4.90 Å². The van der Waals surface area contributed by atoms with Gasteiger partial charge in [-0.05, 0) is 85.6 Å². The summed E-state index contributed by atoms with van der Waals surface area (Å²) in [6.07, 6.45) is 2.37. The summed E-state index contributed by atoms with van der Waals surface area (Å²) in [5.41, 5.74) is 2.07. The summed E-state index contributed by atoms with van der Waals surface area (Å²) >= 11 is 0. The molecule has 1 N–H and O–H groups in total. The van der Waals surface area contributed by atoms with Gasteiger partial charge in [-0.3, -0.25) is 9.10 Å². The summed E-state index contributed by atoms with van der Waals surface area (Å²) in [6, 6.07) is 20.2. The van der Waals surface area contributed by atoms with E-state index in [9.17, 15) is 13.2 Å². The zero-order valence-corrected chi connectivity index (χ0v) is 20.6. The minimum absolute atomic E-state index is 0.0527. The first-order valence-corrected chi connectivity index (χ1v) is 12.8. The first-order valence-electron chi connectivity index (χ1n) is 11.4. The number of carbonyl (C=O) groups is 1. The predicted molar refractivity (Wildman–Crippen MR) is 137 cm³/mol. The van der Waals surface area contributed by atoms with Crippen molar-refractivity contribution in [1.82, 2.24) is 0 Å². The maximum atomic E-state index is 13.5. The zero-order valence-electron chi connectivity index (χ0n) is 19.8. The summed E-state index contributed by atoms with van der Waals surface area (Å²) in [6.45, 7) is 1.67. The maximum absolute atomic E-state index is 13.5. The summed E-state index contributed by atoms with van der Waals surface area (Å²) < 4.78 is 38.5. The van der Waals surface area contributed by atoms with Crippen LogP contribution in [0.4, 0.5) is 17.1 Å². The summed E-state index contributed by atoms with van der Waals surface area (Å²) in [5, 5.41) is 2.82. The fourth-order valence-electron chi connectivity index (χ4n) is 4.00. The van der Waals surface area contributed by atoms with Crippen molar-refractivity contribution in [2.75, 3.05) is 48.4 Å². The third-order valence-electron chi connectivity index (χ3n) is 5.92. The van der Waals surface area contributed by atoms with Gasteiger partial charge in [-0.1, -0.05) is 0 Å². The molecule has 0 unspecified atom stereocenters. The molecule has 0 radical (unpaired) electrons. The van der Waals surface area contributed by atoms with Gasteiger partial charge < -0.3 is 19.7 Å². The predicted octanol–water partition coefficient (Wildman–Crippen LogP) is 4.14. The molecule has 0 aromatic heterocycles. The van der Waals surface area contributed by atoms with Gasteiger partial charge in [-0.2, -0.15) is 0 Å². The number of hydrogen-bond donors (Lipinski definition) is 1. The van der Waals surface area contributed by atoms with E-state index < -0.39 is 22.5 Å². The van der Waals surface area contributed by atoms with E-state index >= 15 is 0 Å². The topological polar surface area (TPSA) is 88.2 Å². The van der Waals surface area contributed by atoms with Crippen LogP contribution in [0.25, 0.3) is 0 Å². The molecule has 1 saturated heterocycles. The van der Waals surface area contributed by atoms with Gasteiger partial charge in [-0.25, -0.2) is 8.42 Å². The molecule has 1 fully saturated rings. The van der Waals surface area contributed by atoms with Gasteiger partial charge >= 0.3 is 0 Å². The summed E-state index contributed by atoms with van der Waals surface area (Å²) in [5.74, 6) is 0.667. The number of anilines is 3. The lowest BCUT2D eigenvalue weighted by molar-refractivity contribution is -0.114. The van der Waals surface area contributed by atoms with Gasteiger partial charge in [0.15, 0.2) is 0 Å². The van der Waals surface area contributed by atoms with Crippen LogP contribution in [0.5, 0.6) is 11.5 Å². The number of rotatable bonds is 9. The van der Waals surface area contributed by atoms with Crippen LogP contribution in [-0.4, -0.2) is 48.2 Å². The van der Waals surface area contributed by atoms with Crippen LogP contribution in [0.2, 0.25) is 0 Å². The molecule has 0 atom stereocenters. The van der Waals surface area contributed by atoms with E-state index in [2.05, 4.69) is 10.2 Å². The number of nitrogens with one attached hydrogen (secondary N) is 1. The average Bonchev–Trinajstić information content (AvgIpc) is 3.43. The lowest BCUT2D eigenvalue weighted by Crippen LogP contribution is -2.38. The molecule has 184 valence electrons. The molecule has 1 aliphatic rings. The molecule has 3 aromatic rings.